The van der Waals surface area contributed by atoms with E-state index in [0.29, 0.717) is 17.1 Å². The van der Waals surface area contributed by atoms with Gasteiger partial charge in [-0.1, -0.05) is 12.0 Å². The monoisotopic (exact) mass is 504 g/mol. The van der Waals surface area contributed by atoms with Crippen LogP contribution in [-0.2, 0) is 11.0 Å². The van der Waals surface area contributed by atoms with Crippen molar-refractivity contribution in [2.45, 2.75) is 20.0 Å². The van der Waals surface area contributed by atoms with Gasteiger partial charge >= 0.3 is 6.18 Å². The average molecular weight is 504 g/mol. The van der Waals surface area contributed by atoms with Gasteiger partial charge in [-0.05, 0) is 48.7 Å². The molecule has 0 fully saturated rings. The van der Waals surface area contributed by atoms with Crippen molar-refractivity contribution < 1.29 is 22.8 Å². The summed E-state index contributed by atoms with van der Waals surface area (Å²) < 4.78 is 41.8. The maximum atomic E-state index is 13.5. The first-order valence-electron chi connectivity index (χ1n) is 10.8. The maximum absolute atomic E-state index is 13.5. The molecule has 4 rings (SSSR count). The van der Waals surface area contributed by atoms with Crippen molar-refractivity contribution in [3.63, 3.8) is 0 Å². The first kappa shape index (κ1) is 25.1. The summed E-state index contributed by atoms with van der Waals surface area (Å²) in [6.07, 6.45) is 2.47. The minimum Gasteiger partial charge on any atom is -0.322 e. The minimum atomic E-state index is -4.61. The van der Waals surface area contributed by atoms with Crippen LogP contribution in [0.2, 0.25) is 0 Å². The van der Waals surface area contributed by atoms with Gasteiger partial charge in [-0.3, -0.25) is 9.59 Å². The number of carbonyl (C=O) groups is 2. The predicted octanol–water partition coefficient (Wildman–Crippen LogP) is 4.60. The lowest BCUT2D eigenvalue weighted by molar-refractivity contribution is -0.137. The second-order valence-electron chi connectivity index (χ2n) is 7.94. The van der Waals surface area contributed by atoms with Crippen molar-refractivity contribution in [3.05, 3.63) is 95.5 Å². The Labute approximate surface area is 209 Å². The highest BCUT2D eigenvalue weighted by atomic mass is 19.4. The van der Waals surface area contributed by atoms with E-state index in [1.807, 2.05) is 0 Å². The van der Waals surface area contributed by atoms with Crippen molar-refractivity contribution in [1.82, 2.24) is 19.5 Å². The van der Waals surface area contributed by atoms with E-state index in [1.54, 1.807) is 25.1 Å². The zero-order chi connectivity index (χ0) is 26.6. The summed E-state index contributed by atoms with van der Waals surface area (Å²) in [7, 11) is 0. The van der Waals surface area contributed by atoms with E-state index in [0.717, 1.165) is 17.7 Å². The van der Waals surface area contributed by atoms with E-state index < -0.39 is 17.6 Å². The highest BCUT2D eigenvalue weighted by Crippen LogP contribution is 2.33. The highest BCUT2D eigenvalue weighted by Gasteiger charge is 2.31. The SMILES string of the molecule is CC(=O)Nc1cnc(C#Cc2cc(C(=O)Nc3cc(-n4ccnc4)cc(C(F)(F)F)c3)ccc2C)cn1. The van der Waals surface area contributed by atoms with Gasteiger partial charge in [0.05, 0.1) is 24.3 Å². The Balaban J connectivity index is 1.58. The quantitative estimate of drug-likeness (QED) is 0.396. The van der Waals surface area contributed by atoms with Crippen LogP contribution in [0.1, 0.15) is 39.7 Å². The number of carbonyl (C=O) groups excluding carboxylic acids is 2. The Kier molecular flexibility index (Phi) is 7.01. The van der Waals surface area contributed by atoms with Crippen LogP contribution < -0.4 is 10.6 Å². The van der Waals surface area contributed by atoms with E-state index in [1.165, 1.54) is 48.7 Å². The van der Waals surface area contributed by atoms with Gasteiger partial charge in [0.1, 0.15) is 5.69 Å². The summed E-state index contributed by atoms with van der Waals surface area (Å²) in [5.41, 5.74) is 1.14. The number of anilines is 2. The first-order valence-corrected chi connectivity index (χ1v) is 10.8. The Morgan fingerprint density at radius 1 is 1.00 bits per heavy atom. The van der Waals surface area contributed by atoms with Crippen molar-refractivity contribution in [2.24, 2.45) is 0 Å². The predicted molar refractivity (Wildman–Crippen MR) is 130 cm³/mol. The number of imidazole rings is 1. The highest BCUT2D eigenvalue weighted by molar-refractivity contribution is 6.04. The van der Waals surface area contributed by atoms with Crippen LogP contribution in [0.4, 0.5) is 24.7 Å². The summed E-state index contributed by atoms with van der Waals surface area (Å²) in [6.45, 7) is 3.16. The van der Waals surface area contributed by atoms with Gasteiger partial charge in [0.15, 0.2) is 5.82 Å². The number of aromatic nitrogens is 4. The van der Waals surface area contributed by atoms with E-state index in [4.69, 9.17) is 0 Å². The smallest absolute Gasteiger partial charge is 0.322 e. The van der Waals surface area contributed by atoms with E-state index >= 15 is 0 Å². The maximum Gasteiger partial charge on any atom is 0.416 e. The third-order valence-electron chi connectivity index (χ3n) is 5.09. The molecular weight excluding hydrogens is 485 g/mol. The molecule has 0 atom stereocenters. The number of rotatable bonds is 4. The third kappa shape index (κ3) is 6.37. The standard InChI is InChI=1S/C26H19F3N6O2/c1-16-3-4-19(9-18(16)5-6-21-13-32-24(14-31-21)33-17(2)36)25(37)34-22-10-20(26(27,28)29)11-23(12-22)35-8-7-30-15-35/h3-4,7-15H,1-2H3,(H,34,37)(H,32,33,36). The number of nitrogens with one attached hydrogen (secondary N) is 2. The summed E-state index contributed by atoms with van der Waals surface area (Å²) >= 11 is 0. The fraction of sp³-hybridized carbons (Fsp3) is 0.115. The lowest BCUT2D eigenvalue weighted by Crippen LogP contribution is -2.14. The number of benzene rings is 2. The van der Waals surface area contributed by atoms with Crippen molar-refractivity contribution in [3.8, 4) is 17.5 Å². The molecule has 2 amide bonds. The van der Waals surface area contributed by atoms with E-state index in [9.17, 15) is 22.8 Å². The van der Waals surface area contributed by atoms with Gasteiger partial charge in [-0.2, -0.15) is 13.2 Å². The molecule has 0 aliphatic carbocycles. The van der Waals surface area contributed by atoms with Crippen LogP contribution in [0.15, 0.2) is 67.5 Å². The third-order valence-corrected chi connectivity index (χ3v) is 5.09. The molecule has 0 bridgehead atoms. The molecule has 4 aromatic rings. The van der Waals surface area contributed by atoms with Crippen LogP contribution >= 0.6 is 0 Å². The van der Waals surface area contributed by atoms with Crippen LogP contribution in [0, 0.1) is 18.8 Å². The molecule has 2 heterocycles. The van der Waals surface area contributed by atoms with Crippen LogP contribution in [0.25, 0.3) is 5.69 Å². The largest absolute Gasteiger partial charge is 0.416 e. The van der Waals surface area contributed by atoms with Crippen LogP contribution in [0.3, 0.4) is 0 Å². The fourth-order valence-corrected chi connectivity index (χ4v) is 3.28. The Hall–Kier alpha value is -4.98. The molecule has 0 saturated carbocycles. The number of amides is 2. The van der Waals surface area contributed by atoms with Crippen molar-refractivity contribution in [1.29, 1.82) is 0 Å². The molecule has 2 aromatic heterocycles. The van der Waals surface area contributed by atoms with Gasteiger partial charge < -0.3 is 15.2 Å². The fourth-order valence-electron chi connectivity index (χ4n) is 3.28. The number of hydrogen-bond acceptors (Lipinski definition) is 5. The van der Waals surface area contributed by atoms with Crippen molar-refractivity contribution >= 4 is 23.3 Å². The number of nitrogens with zero attached hydrogens (tertiary/aromatic N) is 4. The Morgan fingerprint density at radius 2 is 1.81 bits per heavy atom. The molecule has 37 heavy (non-hydrogen) atoms. The molecule has 0 saturated heterocycles. The second-order valence-corrected chi connectivity index (χ2v) is 7.94. The first-order chi connectivity index (χ1) is 17.6. The van der Waals surface area contributed by atoms with E-state index in [2.05, 4.69) is 37.4 Å². The lowest BCUT2D eigenvalue weighted by atomic mass is 10.0. The Morgan fingerprint density at radius 3 is 2.46 bits per heavy atom. The van der Waals surface area contributed by atoms with E-state index in [-0.39, 0.29) is 22.8 Å². The summed E-state index contributed by atoms with van der Waals surface area (Å²) in [4.78, 5) is 36.0. The van der Waals surface area contributed by atoms with Gasteiger partial charge in [-0.25, -0.2) is 15.0 Å². The topological polar surface area (TPSA) is 102 Å². The van der Waals surface area contributed by atoms with Gasteiger partial charge in [0.2, 0.25) is 5.91 Å². The number of hydrogen-bond donors (Lipinski definition) is 2. The van der Waals surface area contributed by atoms with Gasteiger partial charge in [-0.15, -0.1) is 0 Å². The molecule has 0 unspecified atom stereocenters. The lowest BCUT2D eigenvalue weighted by Gasteiger charge is -2.14. The zero-order valence-electron chi connectivity index (χ0n) is 19.6. The molecule has 2 N–H and O–H groups in total. The molecule has 0 spiro atoms. The van der Waals surface area contributed by atoms with Gasteiger partial charge in [0, 0.05) is 41.8 Å². The molecule has 0 radical (unpaired) electrons. The number of halogens is 3. The zero-order valence-corrected chi connectivity index (χ0v) is 19.6. The minimum absolute atomic E-state index is 0.0220. The molecule has 186 valence electrons. The molecule has 0 aliphatic rings. The number of aryl methyl sites for hydroxylation is 1. The van der Waals surface area contributed by atoms with Crippen LogP contribution in [-0.4, -0.2) is 31.3 Å². The average Bonchev–Trinajstić information content (AvgIpc) is 3.38. The summed E-state index contributed by atoms with van der Waals surface area (Å²) in [5, 5.41) is 5.04. The molecule has 8 nitrogen and oxygen atoms in total. The second kappa shape index (κ2) is 10.3. The number of alkyl halides is 3. The normalized spacial score (nSPS) is 10.8. The van der Waals surface area contributed by atoms with Gasteiger partial charge in [0.25, 0.3) is 5.91 Å². The summed E-state index contributed by atoms with van der Waals surface area (Å²) in [5.74, 6) is 5.19. The molecular formula is C26H19F3N6O2. The molecule has 0 aliphatic heterocycles. The summed E-state index contributed by atoms with van der Waals surface area (Å²) in [6, 6.07) is 8.06. The Bertz CT molecular complexity index is 1520. The molecule has 11 heteroatoms. The van der Waals surface area contributed by atoms with Crippen LogP contribution in [0.5, 0.6) is 0 Å². The molecule has 2 aromatic carbocycles. The van der Waals surface area contributed by atoms with Crippen molar-refractivity contribution in [2.75, 3.05) is 10.6 Å².